The van der Waals surface area contributed by atoms with Crippen LogP contribution < -0.4 is 16.2 Å². The molecule has 0 unspecified atom stereocenters. The fraction of sp³-hybridized carbons (Fsp3) is 0.391. The number of carbonyl (C=O) groups is 1. The Bertz CT molecular complexity index is 1050. The van der Waals surface area contributed by atoms with Crippen LogP contribution in [0.5, 0.6) is 5.75 Å². The quantitative estimate of drug-likeness (QED) is 0.740. The Balaban J connectivity index is 2.15. The third-order valence-corrected chi connectivity index (χ3v) is 6.04. The van der Waals surface area contributed by atoms with Gasteiger partial charge in [0.25, 0.3) is 5.91 Å². The Morgan fingerprint density at radius 2 is 1.90 bits per heavy atom. The standard InChI is InChI=1S/C23H24N6O2/c1-14(2)29-8-7-17-18(9-24)22(28)23(12-25,13-26)21(19(17)10-29)15-3-5-16(6-4-15)31-11-20(27)30/h3-7,14,19,21H,8,10-11,28H2,1-2H3,(H2,27,30)/t19-,21-/m0/s1. The monoisotopic (exact) mass is 416 g/mol. The Kier molecular flexibility index (Phi) is 6.02. The van der Waals surface area contributed by atoms with Crippen LogP contribution in [0.4, 0.5) is 0 Å². The highest BCUT2D eigenvalue weighted by Crippen LogP contribution is 2.54. The van der Waals surface area contributed by atoms with Crippen molar-refractivity contribution in [3.8, 4) is 24.0 Å². The smallest absolute Gasteiger partial charge is 0.255 e. The van der Waals surface area contributed by atoms with Crippen molar-refractivity contribution in [1.29, 1.82) is 15.8 Å². The van der Waals surface area contributed by atoms with E-state index in [-0.39, 0.29) is 29.8 Å². The molecule has 1 aromatic carbocycles. The number of rotatable bonds is 5. The summed E-state index contributed by atoms with van der Waals surface area (Å²) in [6, 6.07) is 13.5. The van der Waals surface area contributed by atoms with Gasteiger partial charge in [0.1, 0.15) is 11.8 Å². The minimum Gasteiger partial charge on any atom is -0.484 e. The number of nitriles is 3. The molecule has 158 valence electrons. The number of ether oxygens (including phenoxy) is 1. The first kappa shape index (κ1) is 21.9. The molecule has 0 spiro atoms. The van der Waals surface area contributed by atoms with Gasteiger partial charge in [-0.3, -0.25) is 9.69 Å². The van der Waals surface area contributed by atoms with Gasteiger partial charge < -0.3 is 16.2 Å². The number of nitrogens with two attached hydrogens (primary N) is 2. The molecular formula is C23H24N6O2. The van der Waals surface area contributed by atoms with Gasteiger partial charge in [-0.2, -0.15) is 15.8 Å². The molecule has 8 heteroatoms. The lowest BCUT2D eigenvalue weighted by atomic mass is 9.58. The second-order valence-electron chi connectivity index (χ2n) is 8.05. The molecule has 1 heterocycles. The van der Waals surface area contributed by atoms with Crippen LogP contribution in [0.25, 0.3) is 0 Å². The van der Waals surface area contributed by atoms with Gasteiger partial charge in [-0.05, 0) is 37.1 Å². The number of benzene rings is 1. The van der Waals surface area contributed by atoms with Crippen LogP contribution in [0.1, 0.15) is 25.3 Å². The maximum Gasteiger partial charge on any atom is 0.255 e. The molecule has 0 aromatic heterocycles. The molecule has 2 aliphatic rings. The number of hydrogen-bond acceptors (Lipinski definition) is 7. The molecule has 0 radical (unpaired) electrons. The molecule has 8 nitrogen and oxygen atoms in total. The van der Waals surface area contributed by atoms with E-state index in [1.807, 2.05) is 6.08 Å². The van der Waals surface area contributed by atoms with E-state index in [1.165, 1.54) is 0 Å². The lowest BCUT2D eigenvalue weighted by Gasteiger charge is -2.46. The number of allylic oxidation sites excluding steroid dienone is 2. The van der Waals surface area contributed by atoms with Crippen LogP contribution in [-0.2, 0) is 4.79 Å². The van der Waals surface area contributed by atoms with E-state index >= 15 is 0 Å². The van der Waals surface area contributed by atoms with Gasteiger partial charge in [0, 0.05) is 31.0 Å². The zero-order valence-electron chi connectivity index (χ0n) is 17.5. The predicted octanol–water partition coefficient (Wildman–Crippen LogP) is 1.68. The van der Waals surface area contributed by atoms with Crippen LogP contribution in [0.3, 0.4) is 0 Å². The molecule has 1 amide bonds. The van der Waals surface area contributed by atoms with E-state index in [2.05, 4.69) is 37.0 Å². The van der Waals surface area contributed by atoms with Crippen LogP contribution in [0.2, 0.25) is 0 Å². The van der Waals surface area contributed by atoms with Gasteiger partial charge in [0.05, 0.1) is 23.4 Å². The number of fused-ring (bicyclic) bond motifs is 1. The van der Waals surface area contributed by atoms with Gasteiger partial charge in [-0.15, -0.1) is 0 Å². The topological polar surface area (TPSA) is 153 Å². The first-order chi connectivity index (χ1) is 14.8. The number of carbonyl (C=O) groups excluding carboxylic acids is 1. The van der Waals surface area contributed by atoms with Crippen LogP contribution in [0.15, 0.2) is 47.2 Å². The molecule has 1 aliphatic heterocycles. The summed E-state index contributed by atoms with van der Waals surface area (Å²) >= 11 is 0. The van der Waals surface area contributed by atoms with E-state index < -0.39 is 17.2 Å². The van der Waals surface area contributed by atoms with Crippen LogP contribution in [-0.4, -0.2) is 36.5 Å². The fourth-order valence-corrected chi connectivity index (χ4v) is 4.43. The average Bonchev–Trinajstić information content (AvgIpc) is 2.77. The highest BCUT2D eigenvalue weighted by atomic mass is 16.5. The molecule has 1 aromatic rings. The summed E-state index contributed by atoms with van der Waals surface area (Å²) in [5, 5.41) is 30.0. The highest BCUT2D eigenvalue weighted by Gasteiger charge is 2.54. The molecular weight excluding hydrogens is 392 g/mol. The van der Waals surface area contributed by atoms with Crippen molar-refractivity contribution in [2.45, 2.75) is 25.8 Å². The van der Waals surface area contributed by atoms with E-state index in [0.717, 1.165) is 11.1 Å². The molecule has 0 saturated heterocycles. The molecule has 3 rings (SSSR count). The summed E-state index contributed by atoms with van der Waals surface area (Å²) in [4.78, 5) is 13.2. The van der Waals surface area contributed by atoms with Crippen molar-refractivity contribution in [3.63, 3.8) is 0 Å². The van der Waals surface area contributed by atoms with Crippen LogP contribution >= 0.6 is 0 Å². The molecule has 0 bridgehead atoms. The molecule has 2 atom stereocenters. The van der Waals surface area contributed by atoms with E-state index in [4.69, 9.17) is 16.2 Å². The van der Waals surface area contributed by atoms with Crippen molar-refractivity contribution < 1.29 is 9.53 Å². The molecule has 31 heavy (non-hydrogen) atoms. The Morgan fingerprint density at radius 1 is 1.26 bits per heavy atom. The minimum atomic E-state index is -1.68. The third-order valence-electron chi connectivity index (χ3n) is 6.04. The molecule has 0 saturated carbocycles. The summed E-state index contributed by atoms with van der Waals surface area (Å²) in [5.74, 6) is -0.966. The Labute approximate surface area is 181 Å². The van der Waals surface area contributed by atoms with Gasteiger partial charge in [-0.25, -0.2) is 0 Å². The zero-order chi connectivity index (χ0) is 22.8. The number of amides is 1. The van der Waals surface area contributed by atoms with Gasteiger partial charge >= 0.3 is 0 Å². The molecule has 4 N–H and O–H groups in total. The second-order valence-corrected chi connectivity index (χ2v) is 8.05. The van der Waals surface area contributed by atoms with Gasteiger partial charge in [0.2, 0.25) is 0 Å². The van der Waals surface area contributed by atoms with Gasteiger partial charge in [-0.1, -0.05) is 18.2 Å². The van der Waals surface area contributed by atoms with E-state index in [1.54, 1.807) is 24.3 Å². The van der Waals surface area contributed by atoms with Crippen molar-refractivity contribution in [2.24, 2.45) is 22.8 Å². The molecule has 0 fully saturated rings. The summed E-state index contributed by atoms with van der Waals surface area (Å²) in [7, 11) is 0. The van der Waals surface area contributed by atoms with E-state index in [9.17, 15) is 20.6 Å². The predicted molar refractivity (Wildman–Crippen MR) is 113 cm³/mol. The first-order valence-electron chi connectivity index (χ1n) is 9.97. The van der Waals surface area contributed by atoms with Crippen molar-refractivity contribution in [3.05, 3.63) is 52.7 Å². The maximum atomic E-state index is 11.0. The average molecular weight is 416 g/mol. The number of primary amides is 1. The summed E-state index contributed by atoms with van der Waals surface area (Å²) in [6.07, 6.45) is 1.98. The Hall–Kier alpha value is -3.80. The third kappa shape index (κ3) is 3.72. The number of nitrogens with zero attached hydrogens (tertiary/aromatic N) is 4. The SMILES string of the molecule is CC(C)N1CC=C2C(C#N)=C(N)C(C#N)(C#N)[C@@H](c3ccc(OCC(N)=O)cc3)[C@H]2C1. The number of hydrogen-bond donors (Lipinski definition) is 2. The lowest BCUT2D eigenvalue weighted by molar-refractivity contribution is -0.119. The summed E-state index contributed by atoms with van der Waals surface area (Å²) in [5.41, 5.74) is 11.5. The fourth-order valence-electron chi connectivity index (χ4n) is 4.43. The van der Waals surface area contributed by atoms with Crippen molar-refractivity contribution in [2.75, 3.05) is 19.7 Å². The minimum absolute atomic E-state index is 0.000415. The van der Waals surface area contributed by atoms with Crippen LogP contribution in [0, 0.1) is 45.3 Å². The van der Waals surface area contributed by atoms with Crippen molar-refractivity contribution in [1.82, 2.24) is 4.90 Å². The van der Waals surface area contributed by atoms with Crippen molar-refractivity contribution >= 4 is 5.91 Å². The second kappa shape index (κ2) is 8.52. The maximum absolute atomic E-state index is 11.0. The Morgan fingerprint density at radius 3 is 2.42 bits per heavy atom. The normalized spacial score (nSPS) is 22.5. The lowest BCUT2D eigenvalue weighted by Crippen LogP contribution is -2.49. The largest absolute Gasteiger partial charge is 0.484 e. The highest BCUT2D eigenvalue weighted by molar-refractivity contribution is 5.75. The zero-order valence-corrected chi connectivity index (χ0v) is 17.5. The first-order valence-corrected chi connectivity index (χ1v) is 9.97. The summed E-state index contributed by atoms with van der Waals surface area (Å²) < 4.78 is 5.32. The van der Waals surface area contributed by atoms with Gasteiger partial charge in [0.15, 0.2) is 12.0 Å². The molecule has 1 aliphatic carbocycles. The summed E-state index contributed by atoms with van der Waals surface area (Å²) in [6.45, 7) is 5.18. The van der Waals surface area contributed by atoms with E-state index in [0.29, 0.717) is 18.8 Å².